The van der Waals surface area contributed by atoms with Gasteiger partial charge in [-0.3, -0.25) is 0 Å². The summed E-state index contributed by atoms with van der Waals surface area (Å²) in [5.74, 6) is -0.554. The number of rotatable bonds is 5. The Labute approximate surface area is 136 Å². The van der Waals surface area contributed by atoms with E-state index in [4.69, 9.17) is 4.74 Å². The van der Waals surface area contributed by atoms with Gasteiger partial charge in [0.2, 0.25) is 0 Å². The Bertz CT molecular complexity index is 814. The van der Waals surface area contributed by atoms with Gasteiger partial charge in [0.1, 0.15) is 0 Å². The zero-order chi connectivity index (χ0) is 17.0. The first-order chi connectivity index (χ1) is 10.8. The number of anilines is 1. The van der Waals surface area contributed by atoms with Crippen LogP contribution in [0.5, 0.6) is 0 Å². The zero-order valence-corrected chi connectivity index (χ0v) is 14.1. The number of hydrogen-bond acceptors (Lipinski definition) is 5. The second kappa shape index (κ2) is 6.83. The molecule has 0 bridgehead atoms. The first kappa shape index (κ1) is 17.0. The third-order valence-electron chi connectivity index (χ3n) is 3.46. The number of hydrogen-bond donors (Lipinski definition) is 1. The van der Waals surface area contributed by atoms with Crippen molar-refractivity contribution in [3.8, 4) is 0 Å². The maximum absolute atomic E-state index is 12.0. The summed E-state index contributed by atoms with van der Waals surface area (Å²) in [5.41, 5.74) is 2.40. The van der Waals surface area contributed by atoms with E-state index < -0.39 is 15.8 Å². The van der Waals surface area contributed by atoms with Gasteiger partial charge < -0.3 is 10.1 Å². The van der Waals surface area contributed by atoms with Crippen LogP contribution in [0.15, 0.2) is 47.4 Å². The maximum atomic E-state index is 12.0. The van der Waals surface area contributed by atoms with Crippen LogP contribution in [0.3, 0.4) is 0 Å². The van der Waals surface area contributed by atoms with Crippen molar-refractivity contribution in [2.75, 3.05) is 18.7 Å². The van der Waals surface area contributed by atoms with E-state index in [1.807, 2.05) is 30.3 Å². The fourth-order valence-corrected chi connectivity index (χ4v) is 3.12. The average Bonchev–Trinajstić information content (AvgIpc) is 2.52. The number of carbonyl (C=O) groups excluding carboxylic acids is 1. The fourth-order valence-electron chi connectivity index (χ4n) is 2.26. The minimum atomic E-state index is -3.49. The number of esters is 1. The second-order valence-corrected chi connectivity index (χ2v) is 7.25. The molecule has 6 heteroatoms. The normalized spacial score (nSPS) is 11.1. The first-order valence-corrected chi connectivity index (χ1v) is 8.93. The summed E-state index contributed by atoms with van der Waals surface area (Å²) in [6.45, 7) is 2.23. The van der Waals surface area contributed by atoms with Gasteiger partial charge in [-0.15, -0.1) is 0 Å². The molecule has 0 unspecified atom stereocenters. The summed E-state index contributed by atoms with van der Waals surface area (Å²) in [6.07, 6.45) is 1.12. The van der Waals surface area contributed by atoms with Gasteiger partial charge >= 0.3 is 5.97 Å². The Morgan fingerprint density at radius 2 is 1.83 bits per heavy atom. The monoisotopic (exact) mass is 333 g/mol. The summed E-state index contributed by atoms with van der Waals surface area (Å²) < 4.78 is 28.8. The van der Waals surface area contributed by atoms with Gasteiger partial charge in [0.25, 0.3) is 0 Å². The lowest BCUT2D eigenvalue weighted by atomic mass is 10.1. The Morgan fingerprint density at radius 1 is 1.17 bits per heavy atom. The van der Waals surface area contributed by atoms with Gasteiger partial charge in [0.05, 0.1) is 23.3 Å². The van der Waals surface area contributed by atoms with Crippen molar-refractivity contribution in [1.82, 2.24) is 0 Å². The zero-order valence-electron chi connectivity index (χ0n) is 13.3. The number of sulfone groups is 1. The molecule has 0 saturated carbocycles. The second-order valence-electron chi connectivity index (χ2n) is 5.27. The molecule has 0 spiro atoms. The van der Waals surface area contributed by atoms with Crippen LogP contribution in [-0.2, 0) is 21.1 Å². The van der Waals surface area contributed by atoms with Crippen LogP contribution >= 0.6 is 0 Å². The lowest BCUT2D eigenvalue weighted by molar-refractivity contribution is 0.0599. The third-order valence-corrected chi connectivity index (χ3v) is 4.59. The van der Waals surface area contributed by atoms with E-state index in [-0.39, 0.29) is 10.5 Å². The number of carbonyl (C=O) groups is 1. The van der Waals surface area contributed by atoms with E-state index >= 15 is 0 Å². The Balaban J connectivity index is 2.42. The molecular weight excluding hydrogens is 314 g/mol. The highest BCUT2D eigenvalue weighted by Crippen LogP contribution is 2.26. The molecule has 0 saturated heterocycles. The highest BCUT2D eigenvalue weighted by Gasteiger charge is 2.19. The number of aryl methyl sites for hydroxylation is 1. The predicted molar refractivity (Wildman–Crippen MR) is 89.4 cm³/mol. The lowest BCUT2D eigenvalue weighted by Crippen LogP contribution is -2.11. The molecule has 1 N–H and O–H groups in total. The average molecular weight is 333 g/mol. The van der Waals surface area contributed by atoms with Gasteiger partial charge in [0, 0.05) is 12.8 Å². The highest BCUT2D eigenvalue weighted by molar-refractivity contribution is 7.90. The molecule has 2 rings (SSSR count). The van der Waals surface area contributed by atoms with Crippen LogP contribution in [0.25, 0.3) is 0 Å². The molecule has 0 aliphatic carbocycles. The number of ether oxygens (including phenoxy) is 1. The Morgan fingerprint density at radius 3 is 2.39 bits per heavy atom. The molecule has 2 aromatic carbocycles. The van der Waals surface area contributed by atoms with Crippen LogP contribution in [0.4, 0.5) is 5.69 Å². The highest BCUT2D eigenvalue weighted by atomic mass is 32.2. The van der Waals surface area contributed by atoms with E-state index in [1.54, 1.807) is 13.0 Å². The molecule has 0 aliphatic rings. The summed E-state index contributed by atoms with van der Waals surface area (Å²) in [5, 5.41) is 3.13. The van der Waals surface area contributed by atoms with Crippen molar-refractivity contribution in [2.45, 2.75) is 18.4 Å². The topological polar surface area (TPSA) is 72.5 Å². The smallest absolute Gasteiger partial charge is 0.338 e. The fraction of sp³-hybridized carbons (Fsp3) is 0.235. The lowest BCUT2D eigenvalue weighted by Gasteiger charge is -2.14. The van der Waals surface area contributed by atoms with Gasteiger partial charge in [-0.25, -0.2) is 13.2 Å². The van der Waals surface area contributed by atoms with Crippen molar-refractivity contribution in [3.63, 3.8) is 0 Å². The molecule has 0 fully saturated rings. The molecule has 0 radical (unpaired) electrons. The molecule has 0 aliphatic heterocycles. The van der Waals surface area contributed by atoms with Gasteiger partial charge in [-0.2, -0.15) is 0 Å². The minimum Gasteiger partial charge on any atom is -0.465 e. The van der Waals surface area contributed by atoms with Crippen LogP contribution in [0.1, 0.15) is 21.5 Å². The van der Waals surface area contributed by atoms with E-state index in [2.05, 4.69) is 5.32 Å². The van der Waals surface area contributed by atoms with Crippen LogP contribution < -0.4 is 5.32 Å². The summed E-state index contributed by atoms with van der Waals surface area (Å²) in [4.78, 5) is 11.8. The van der Waals surface area contributed by atoms with E-state index in [0.717, 1.165) is 11.8 Å². The maximum Gasteiger partial charge on any atom is 0.338 e. The Kier molecular flexibility index (Phi) is 5.05. The summed E-state index contributed by atoms with van der Waals surface area (Å²) >= 11 is 0. The Hall–Kier alpha value is -2.34. The molecule has 0 aromatic heterocycles. The van der Waals surface area contributed by atoms with Gasteiger partial charge in [-0.05, 0) is 30.2 Å². The minimum absolute atomic E-state index is 0.0828. The molecule has 0 atom stereocenters. The molecule has 2 aromatic rings. The number of nitrogens with one attached hydrogen (secondary N) is 1. The standard InChI is InChI=1S/C17H19NO4S/c1-12-9-15(18-11-13-7-5-4-6-8-13)16(23(3,20)21)10-14(12)17(19)22-2/h4-10,18H,11H2,1-3H3. The number of benzene rings is 2. The summed E-state index contributed by atoms with van der Waals surface area (Å²) in [7, 11) is -2.22. The molecule has 0 heterocycles. The van der Waals surface area contributed by atoms with Gasteiger partial charge in [-0.1, -0.05) is 30.3 Å². The quantitative estimate of drug-likeness (QED) is 0.852. The predicted octanol–water partition coefficient (Wildman–Crippen LogP) is 2.80. The van der Waals surface area contributed by atoms with Crippen LogP contribution in [-0.4, -0.2) is 27.8 Å². The first-order valence-electron chi connectivity index (χ1n) is 7.03. The SMILES string of the molecule is COC(=O)c1cc(S(C)(=O)=O)c(NCc2ccccc2)cc1C. The molecule has 23 heavy (non-hydrogen) atoms. The van der Waals surface area contributed by atoms with Crippen LogP contribution in [0, 0.1) is 6.92 Å². The summed E-state index contributed by atoms with van der Waals surface area (Å²) in [6, 6.07) is 12.7. The molecular formula is C17H19NO4S. The van der Waals surface area contributed by atoms with Crippen molar-refractivity contribution in [1.29, 1.82) is 0 Å². The van der Waals surface area contributed by atoms with Gasteiger partial charge in [0.15, 0.2) is 9.84 Å². The number of methoxy groups -OCH3 is 1. The van der Waals surface area contributed by atoms with Crippen LogP contribution in [0.2, 0.25) is 0 Å². The van der Waals surface area contributed by atoms with Crippen molar-refractivity contribution < 1.29 is 17.9 Å². The van der Waals surface area contributed by atoms with Crippen molar-refractivity contribution >= 4 is 21.5 Å². The van der Waals surface area contributed by atoms with Crippen molar-refractivity contribution in [2.24, 2.45) is 0 Å². The van der Waals surface area contributed by atoms with Crippen molar-refractivity contribution in [3.05, 3.63) is 59.2 Å². The molecule has 122 valence electrons. The largest absolute Gasteiger partial charge is 0.465 e. The molecule has 0 amide bonds. The van der Waals surface area contributed by atoms with E-state index in [1.165, 1.54) is 13.2 Å². The van der Waals surface area contributed by atoms with E-state index in [0.29, 0.717) is 17.8 Å². The molecule has 5 nitrogen and oxygen atoms in total. The third kappa shape index (κ3) is 4.10. The van der Waals surface area contributed by atoms with E-state index in [9.17, 15) is 13.2 Å².